The lowest BCUT2D eigenvalue weighted by Gasteiger charge is -2.31. The van der Waals surface area contributed by atoms with Gasteiger partial charge < -0.3 is 19.1 Å². The Morgan fingerprint density at radius 1 is 1.30 bits per heavy atom. The summed E-state index contributed by atoms with van der Waals surface area (Å²) in [4.78, 5) is 19.0. The Bertz CT molecular complexity index is 1080. The number of aryl methyl sites for hydroxylation is 2. The molecule has 0 radical (unpaired) electrons. The number of nitrogens with one attached hydrogen (secondary N) is 1. The van der Waals surface area contributed by atoms with Crippen molar-refractivity contribution in [2.75, 3.05) is 23.3 Å². The van der Waals surface area contributed by atoms with Gasteiger partial charge in [-0.2, -0.15) is 10.2 Å². The Balaban J connectivity index is 1.43. The summed E-state index contributed by atoms with van der Waals surface area (Å²) in [5.41, 5.74) is 3.15. The van der Waals surface area contributed by atoms with Gasteiger partial charge >= 0.3 is 0 Å². The fraction of sp³-hybridized carbons (Fsp3) is 0.318. The molecule has 1 fully saturated rings. The number of halogens is 1. The molecule has 1 aliphatic rings. The van der Waals surface area contributed by atoms with Crippen molar-refractivity contribution >= 4 is 33.4 Å². The van der Waals surface area contributed by atoms with Crippen LogP contribution in [0.15, 0.2) is 43.8 Å². The van der Waals surface area contributed by atoms with Crippen molar-refractivity contribution in [3.8, 4) is 17.7 Å². The third-order valence-electron chi connectivity index (χ3n) is 5.35. The lowest BCUT2D eigenvalue weighted by molar-refractivity contribution is -0.120. The third kappa shape index (κ3) is 3.98. The maximum Gasteiger partial charge on any atom is 0.266 e. The van der Waals surface area contributed by atoms with Gasteiger partial charge in [-0.1, -0.05) is 15.9 Å². The fourth-order valence-electron chi connectivity index (χ4n) is 3.78. The summed E-state index contributed by atoms with van der Waals surface area (Å²) in [5, 5.41) is 12.5. The first-order valence-electron chi connectivity index (χ1n) is 9.73. The monoisotopic (exact) mass is 468 g/mol. The topological polar surface area (TPSA) is 95.3 Å². The number of piperidine rings is 1. The number of furan rings is 1. The van der Waals surface area contributed by atoms with Crippen LogP contribution in [0.25, 0.3) is 11.7 Å². The van der Waals surface area contributed by atoms with Crippen molar-refractivity contribution in [2.24, 2.45) is 5.92 Å². The second kappa shape index (κ2) is 8.36. The molecule has 8 heteroatoms. The number of anilines is 2. The quantitative estimate of drug-likeness (QED) is 0.575. The van der Waals surface area contributed by atoms with Gasteiger partial charge in [-0.3, -0.25) is 4.79 Å². The average molecular weight is 469 g/mol. The molecule has 154 valence electrons. The van der Waals surface area contributed by atoms with E-state index in [-0.39, 0.29) is 23.4 Å². The minimum Gasteiger partial charge on any atom is -0.459 e. The number of amides is 1. The fourth-order valence-corrected chi connectivity index (χ4v) is 4.47. The number of nitriles is 1. The molecule has 1 saturated heterocycles. The van der Waals surface area contributed by atoms with Crippen molar-refractivity contribution in [3.05, 3.63) is 51.8 Å². The molecule has 0 saturated carbocycles. The zero-order valence-electron chi connectivity index (χ0n) is 16.7. The molecule has 1 aromatic carbocycles. The van der Waals surface area contributed by atoms with Gasteiger partial charge in [-0.15, -0.1) is 0 Å². The standard InChI is InChI=1S/C22H21BrN4O3/c1-13-10-16(23)11-14(2)19(13)26-20(28)15-5-7-27(8-6-15)22-17(12-24)25-21(30-22)18-4-3-9-29-18/h3-4,9-11,15H,5-8H2,1-2H3,(H,26,28). The maximum atomic E-state index is 12.8. The van der Waals surface area contributed by atoms with Crippen LogP contribution in [0.3, 0.4) is 0 Å². The SMILES string of the molecule is Cc1cc(Br)cc(C)c1NC(=O)C1CCN(c2oc(-c3ccco3)nc2C#N)CC1. The highest BCUT2D eigenvalue weighted by Crippen LogP contribution is 2.32. The average Bonchev–Trinajstić information content (AvgIpc) is 3.40. The lowest BCUT2D eigenvalue weighted by atomic mass is 9.95. The van der Waals surface area contributed by atoms with Crippen LogP contribution in [0.1, 0.15) is 29.7 Å². The van der Waals surface area contributed by atoms with E-state index in [1.165, 1.54) is 6.26 Å². The lowest BCUT2D eigenvalue weighted by Crippen LogP contribution is -2.38. The first kappa shape index (κ1) is 20.2. The van der Waals surface area contributed by atoms with Crippen LogP contribution in [-0.2, 0) is 4.79 Å². The Hall–Kier alpha value is -3.05. The normalized spacial score (nSPS) is 14.5. The molecule has 1 aliphatic heterocycles. The molecule has 4 rings (SSSR count). The summed E-state index contributed by atoms with van der Waals surface area (Å²) in [5.74, 6) is 1.13. The maximum absolute atomic E-state index is 12.8. The molecule has 0 unspecified atom stereocenters. The van der Waals surface area contributed by atoms with E-state index in [1.54, 1.807) is 12.1 Å². The molecule has 2 aromatic heterocycles. The molecule has 7 nitrogen and oxygen atoms in total. The smallest absolute Gasteiger partial charge is 0.266 e. The van der Waals surface area contributed by atoms with Crippen molar-refractivity contribution in [3.63, 3.8) is 0 Å². The summed E-state index contributed by atoms with van der Waals surface area (Å²) < 4.78 is 12.1. The van der Waals surface area contributed by atoms with Crippen molar-refractivity contribution in [2.45, 2.75) is 26.7 Å². The van der Waals surface area contributed by atoms with Crippen LogP contribution >= 0.6 is 15.9 Å². The van der Waals surface area contributed by atoms with Crippen LogP contribution in [0.2, 0.25) is 0 Å². The zero-order chi connectivity index (χ0) is 21.3. The van der Waals surface area contributed by atoms with Gasteiger partial charge in [0.25, 0.3) is 5.89 Å². The van der Waals surface area contributed by atoms with Gasteiger partial charge in [-0.25, -0.2) is 0 Å². The largest absolute Gasteiger partial charge is 0.459 e. The molecule has 1 amide bonds. The third-order valence-corrected chi connectivity index (χ3v) is 5.80. The van der Waals surface area contributed by atoms with Gasteiger partial charge in [0.1, 0.15) is 6.07 Å². The van der Waals surface area contributed by atoms with E-state index in [0.717, 1.165) is 21.3 Å². The van der Waals surface area contributed by atoms with Crippen LogP contribution in [0.4, 0.5) is 11.6 Å². The van der Waals surface area contributed by atoms with E-state index in [0.29, 0.717) is 37.6 Å². The number of carbonyl (C=O) groups excluding carboxylic acids is 1. The van der Waals surface area contributed by atoms with E-state index in [2.05, 4.69) is 32.3 Å². The number of benzene rings is 1. The first-order valence-corrected chi connectivity index (χ1v) is 10.5. The summed E-state index contributed by atoms with van der Waals surface area (Å²) in [6.45, 7) is 5.19. The van der Waals surface area contributed by atoms with Gasteiger partial charge in [0, 0.05) is 29.2 Å². The van der Waals surface area contributed by atoms with Crippen LogP contribution in [0, 0.1) is 31.1 Å². The van der Waals surface area contributed by atoms with Crippen molar-refractivity contribution in [1.29, 1.82) is 5.26 Å². The first-order chi connectivity index (χ1) is 14.5. The molecular weight excluding hydrogens is 448 g/mol. The second-order valence-corrected chi connectivity index (χ2v) is 8.34. The molecule has 0 aliphatic carbocycles. The van der Waals surface area contributed by atoms with E-state index in [9.17, 15) is 10.1 Å². The number of hydrogen-bond acceptors (Lipinski definition) is 6. The molecule has 0 spiro atoms. The number of aromatic nitrogens is 1. The van der Waals surface area contributed by atoms with E-state index >= 15 is 0 Å². The van der Waals surface area contributed by atoms with Crippen LogP contribution < -0.4 is 10.2 Å². The van der Waals surface area contributed by atoms with Gasteiger partial charge in [0.15, 0.2) is 5.76 Å². The number of carbonyl (C=O) groups is 1. The van der Waals surface area contributed by atoms with E-state index in [1.807, 2.05) is 30.9 Å². The number of nitrogens with zero attached hydrogens (tertiary/aromatic N) is 3. The molecular formula is C22H21BrN4O3. The Kier molecular flexibility index (Phi) is 5.64. The molecule has 1 N–H and O–H groups in total. The van der Waals surface area contributed by atoms with Gasteiger partial charge in [0.2, 0.25) is 17.5 Å². The van der Waals surface area contributed by atoms with Crippen LogP contribution in [0.5, 0.6) is 0 Å². The van der Waals surface area contributed by atoms with E-state index in [4.69, 9.17) is 8.83 Å². The zero-order valence-corrected chi connectivity index (χ0v) is 18.3. The molecule has 3 heterocycles. The van der Waals surface area contributed by atoms with E-state index < -0.39 is 0 Å². The Morgan fingerprint density at radius 2 is 2.00 bits per heavy atom. The Labute approximate surface area is 182 Å². The Morgan fingerprint density at radius 3 is 2.60 bits per heavy atom. The summed E-state index contributed by atoms with van der Waals surface area (Å²) >= 11 is 3.48. The van der Waals surface area contributed by atoms with Gasteiger partial charge in [0.05, 0.1) is 6.26 Å². The predicted octanol–water partition coefficient (Wildman–Crippen LogP) is 5.04. The van der Waals surface area contributed by atoms with Crippen LogP contribution in [-0.4, -0.2) is 24.0 Å². The molecule has 0 bridgehead atoms. The highest BCUT2D eigenvalue weighted by atomic mass is 79.9. The highest BCUT2D eigenvalue weighted by Gasteiger charge is 2.29. The summed E-state index contributed by atoms with van der Waals surface area (Å²) in [6, 6.07) is 9.55. The van der Waals surface area contributed by atoms with Crippen molar-refractivity contribution in [1.82, 2.24) is 4.98 Å². The number of rotatable bonds is 4. The highest BCUT2D eigenvalue weighted by molar-refractivity contribution is 9.10. The number of hydrogen-bond donors (Lipinski definition) is 1. The summed E-state index contributed by atoms with van der Waals surface area (Å²) in [7, 11) is 0. The number of oxazole rings is 1. The second-order valence-electron chi connectivity index (χ2n) is 7.43. The summed E-state index contributed by atoms with van der Waals surface area (Å²) in [6.07, 6.45) is 2.87. The van der Waals surface area contributed by atoms with Crippen molar-refractivity contribution < 1.29 is 13.6 Å². The predicted molar refractivity (Wildman–Crippen MR) is 116 cm³/mol. The minimum atomic E-state index is -0.0956. The molecule has 30 heavy (non-hydrogen) atoms. The molecule has 0 atom stereocenters. The molecule has 3 aromatic rings. The van der Waals surface area contributed by atoms with Gasteiger partial charge in [-0.05, 0) is 62.1 Å². The minimum absolute atomic E-state index is 0.0255.